The molecule has 21 nitrogen and oxygen atoms in total. The second-order valence-electron chi connectivity index (χ2n) is 21.0. The van der Waals surface area contributed by atoms with E-state index in [1.807, 2.05) is 91.2 Å². The number of piperidine rings is 1. The number of aryl methyl sites for hydroxylation is 2. The Kier molecular flexibility index (Phi) is 11.5. The molecule has 5 aromatic carbocycles. The minimum Gasteiger partial charge on any atom is -0.424 e. The number of fused-ring (bicyclic) bond motifs is 6. The topological polar surface area (TPSA) is 291 Å². The SMILES string of the molecule is Cc1c(CC(C)N2CCC(n3c(Cn4nc(-c5ccc6oc(N)nc6c5)c5c(N)ncnc54)cc4cccc(C)c4c3=O)CC2)ccc2cc(Cn3nc(-c4ccc5oc(N)nc5c4)c4c(N)ncnc43)n(-c3ccccc3)c(=O)c12. The lowest BCUT2D eigenvalue weighted by Crippen LogP contribution is -2.43. The van der Waals surface area contributed by atoms with Gasteiger partial charge in [0.05, 0.1) is 34.6 Å². The summed E-state index contributed by atoms with van der Waals surface area (Å²) < 4.78 is 18.4. The number of anilines is 4. The standard InChI is InChI=1S/C60H53N17O4/c1-31-8-7-9-35-23-41(27-74-55-49(53(61)65-29-67-55)51(71-74)37-14-16-45-43(25-37)69-59(63)80-45)77(57(78)47(31)35)40-18-20-73(21-19-40)32(2)22-34-12-13-36-24-42(76(39-10-5-4-6-11-39)58(79)48(36)33(34)3)28-75-56-50(54(62)66-30-68-56)52(72-75)38-15-17-46-44(26-38)70-60(64)81-46/h4-17,23-26,29-30,32,40H,18-22,27-28H2,1-3H3,(H2,63,69)(H2,64,70)(H2,61,65,67)(H2,62,66,68). The van der Waals surface area contributed by atoms with Gasteiger partial charge in [0.2, 0.25) is 0 Å². The minimum absolute atomic E-state index is 0.0304. The summed E-state index contributed by atoms with van der Waals surface area (Å²) in [5, 5.41) is 14.4. The molecule has 0 aliphatic carbocycles. The summed E-state index contributed by atoms with van der Waals surface area (Å²) in [5.74, 6) is 0.553. The highest BCUT2D eigenvalue weighted by molar-refractivity contribution is 6.01. The molecule has 1 aliphatic heterocycles. The predicted molar refractivity (Wildman–Crippen MR) is 313 cm³/mol. The van der Waals surface area contributed by atoms with Crippen molar-refractivity contribution in [2.75, 3.05) is 36.0 Å². The van der Waals surface area contributed by atoms with Gasteiger partial charge in [-0.2, -0.15) is 20.2 Å². The first-order valence-corrected chi connectivity index (χ1v) is 26.7. The third kappa shape index (κ3) is 8.26. The third-order valence-corrected chi connectivity index (χ3v) is 16.1. The number of benzene rings is 5. The maximum absolute atomic E-state index is 15.2. The maximum atomic E-state index is 15.2. The van der Waals surface area contributed by atoms with Crippen molar-refractivity contribution < 1.29 is 8.83 Å². The summed E-state index contributed by atoms with van der Waals surface area (Å²) in [6.07, 6.45) is 5.05. The molecule has 8 N–H and O–H groups in total. The van der Waals surface area contributed by atoms with Crippen LogP contribution in [0.3, 0.4) is 0 Å². The Morgan fingerprint density at radius 2 is 1.19 bits per heavy atom. The fourth-order valence-corrected chi connectivity index (χ4v) is 12.2. The second-order valence-corrected chi connectivity index (χ2v) is 21.0. The number of rotatable bonds is 11. The van der Waals surface area contributed by atoms with Crippen LogP contribution in [-0.4, -0.2) is 82.6 Å². The van der Waals surface area contributed by atoms with Crippen molar-refractivity contribution in [3.05, 3.63) is 171 Å². The smallest absolute Gasteiger partial charge is 0.292 e. The van der Waals surface area contributed by atoms with E-state index in [1.54, 1.807) is 26.1 Å². The number of hydrogen-bond acceptors (Lipinski definition) is 17. The Hall–Kier alpha value is -10.3. The maximum Gasteiger partial charge on any atom is 0.292 e. The molecule has 1 fully saturated rings. The number of likely N-dealkylation sites (tertiary alicyclic amines) is 1. The van der Waals surface area contributed by atoms with E-state index in [0.717, 1.165) is 75.9 Å². The first kappa shape index (κ1) is 49.0. The molecule has 14 rings (SSSR count). The van der Waals surface area contributed by atoms with Crippen molar-refractivity contribution in [1.29, 1.82) is 0 Å². The van der Waals surface area contributed by atoms with Crippen LogP contribution in [0.1, 0.15) is 53.9 Å². The number of hydrogen-bond donors (Lipinski definition) is 4. The number of nitrogens with two attached hydrogens (primary N) is 4. The molecule has 402 valence electrons. The summed E-state index contributed by atoms with van der Waals surface area (Å²) in [5.41, 5.74) is 35.8. The zero-order chi connectivity index (χ0) is 55.4. The van der Waals surface area contributed by atoms with Crippen LogP contribution in [0.5, 0.6) is 0 Å². The summed E-state index contributed by atoms with van der Waals surface area (Å²) >= 11 is 0. The van der Waals surface area contributed by atoms with Gasteiger partial charge in [0.25, 0.3) is 23.1 Å². The second kappa shape index (κ2) is 19.0. The molecule has 21 heteroatoms. The van der Waals surface area contributed by atoms with Gasteiger partial charge in [-0.3, -0.25) is 14.2 Å². The molecule has 8 aromatic heterocycles. The van der Waals surface area contributed by atoms with Crippen molar-refractivity contribution in [3.63, 3.8) is 0 Å². The van der Waals surface area contributed by atoms with Crippen LogP contribution < -0.4 is 34.1 Å². The van der Waals surface area contributed by atoms with E-state index in [2.05, 4.69) is 66.0 Å². The van der Waals surface area contributed by atoms with Crippen molar-refractivity contribution in [2.24, 2.45) is 0 Å². The number of aromatic nitrogens is 12. The largest absolute Gasteiger partial charge is 0.424 e. The highest BCUT2D eigenvalue weighted by atomic mass is 16.4. The quantitative estimate of drug-likeness (QED) is 0.0943. The molecule has 0 radical (unpaired) electrons. The van der Waals surface area contributed by atoms with E-state index in [0.29, 0.717) is 78.5 Å². The van der Waals surface area contributed by atoms with Gasteiger partial charge in [-0.25, -0.2) is 29.3 Å². The highest BCUT2D eigenvalue weighted by Gasteiger charge is 2.29. The number of para-hydroxylation sites is 1. The van der Waals surface area contributed by atoms with Gasteiger partial charge in [0.15, 0.2) is 22.5 Å². The fourth-order valence-electron chi connectivity index (χ4n) is 12.2. The predicted octanol–water partition coefficient (Wildman–Crippen LogP) is 8.51. The first-order valence-electron chi connectivity index (χ1n) is 26.7. The zero-order valence-electron chi connectivity index (χ0n) is 44.4. The average Bonchev–Trinajstić information content (AvgIpc) is 4.44. The van der Waals surface area contributed by atoms with Gasteiger partial charge in [0.1, 0.15) is 46.7 Å². The number of nitrogens with zero attached hydrogens (tertiary/aromatic N) is 13. The molecule has 81 heavy (non-hydrogen) atoms. The molecule has 0 bridgehead atoms. The highest BCUT2D eigenvalue weighted by Crippen LogP contribution is 2.36. The molecular formula is C60H53N17O4. The molecule has 0 spiro atoms. The molecule has 9 heterocycles. The van der Waals surface area contributed by atoms with Crippen LogP contribution >= 0.6 is 0 Å². The monoisotopic (exact) mass is 1080 g/mol. The Bertz CT molecular complexity index is 4810. The van der Waals surface area contributed by atoms with Crippen molar-refractivity contribution >= 4 is 89.5 Å². The van der Waals surface area contributed by atoms with Crippen LogP contribution in [0.2, 0.25) is 0 Å². The molecule has 1 unspecified atom stereocenters. The number of pyridine rings is 2. The Balaban J connectivity index is 0.759. The van der Waals surface area contributed by atoms with Crippen LogP contribution in [0.25, 0.3) is 94.0 Å². The third-order valence-electron chi connectivity index (χ3n) is 16.1. The van der Waals surface area contributed by atoms with Crippen molar-refractivity contribution in [1.82, 2.24) is 63.5 Å². The van der Waals surface area contributed by atoms with E-state index in [1.165, 1.54) is 12.7 Å². The van der Waals surface area contributed by atoms with Crippen molar-refractivity contribution in [2.45, 2.75) is 65.2 Å². The van der Waals surface area contributed by atoms with E-state index in [9.17, 15) is 4.79 Å². The zero-order valence-corrected chi connectivity index (χ0v) is 44.4. The van der Waals surface area contributed by atoms with E-state index >= 15 is 4.79 Å². The molecule has 0 amide bonds. The Morgan fingerprint density at radius 1 is 0.605 bits per heavy atom. The number of nitrogen functional groups attached to an aromatic ring is 4. The van der Waals surface area contributed by atoms with Gasteiger partial charge in [-0.1, -0.05) is 48.5 Å². The lowest BCUT2D eigenvalue weighted by molar-refractivity contribution is 0.140. The molecular weight excluding hydrogens is 1020 g/mol. The van der Waals surface area contributed by atoms with Crippen molar-refractivity contribution in [3.8, 4) is 28.2 Å². The first-order chi connectivity index (χ1) is 39.3. The lowest BCUT2D eigenvalue weighted by Gasteiger charge is -2.37. The van der Waals surface area contributed by atoms with Crippen LogP contribution in [0.4, 0.5) is 23.7 Å². The molecule has 1 aliphatic rings. The van der Waals surface area contributed by atoms with Gasteiger partial charge in [-0.05, 0) is 128 Å². The average molecular weight is 1080 g/mol. The van der Waals surface area contributed by atoms with Crippen LogP contribution in [0, 0.1) is 13.8 Å². The molecule has 0 saturated carbocycles. The minimum atomic E-state index is -0.137. The summed E-state index contributed by atoms with van der Waals surface area (Å²) in [6, 6.07) is 35.2. The van der Waals surface area contributed by atoms with Crippen LogP contribution in [-0.2, 0) is 19.5 Å². The molecule has 1 atom stereocenters. The van der Waals surface area contributed by atoms with Gasteiger partial charge >= 0.3 is 0 Å². The fraction of sp³-hybridized carbons (Fsp3) is 0.200. The molecule has 1 saturated heterocycles. The van der Waals surface area contributed by atoms with Gasteiger partial charge in [0, 0.05) is 53.4 Å². The lowest BCUT2D eigenvalue weighted by atomic mass is 9.94. The van der Waals surface area contributed by atoms with Gasteiger partial charge in [-0.15, -0.1) is 0 Å². The Morgan fingerprint density at radius 3 is 1.80 bits per heavy atom. The molecule has 13 aromatic rings. The van der Waals surface area contributed by atoms with Gasteiger partial charge < -0.3 is 41.2 Å². The Labute approximate surface area is 460 Å². The van der Waals surface area contributed by atoms with E-state index in [4.69, 9.17) is 42.0 Å². The summed E-state index contributed by atoms with van der Waals surface area (Å²) in [7, 11) is 0. The van der Waals surface area contributed by atoms with Crippen LogP contribution in [0.15, 0.2) is 140 Å². The number of oxazole rings is 2. The normalized spacial score (nSPS) is 14.0. The summed E-state index contributed by atoms with van der Waals surface area (Å²) in [6.45, 7) is 8.24. The summed E-state index contributed by atoms with van der Waals surface area (Å²) in [4.78, 5) is 59.3. The van der Waals surface area contributed by atoms with E-state index < -0.39 is 0 Å². The van der Waals surface area contributed by atoms with E-state index in [-0.39, 0.29) is 60.0 Å².